The van der Waals surface area contributed by atoms with Crippen LogP contribution >= 0.6 is 0 Å². The zero-order valence-electron chi connectivity index (χ0n) is 14.9. The molecule has 0 aromatic heterocycles. The molecule has 1 aromatic rings. The minimum atomic E-state index is -0.0682. The SMILES string of the molecule is CCCCCC(C=NNC(=O)C[N+](C)(C)C)=Cc1ccccc1. The van der Waals surface area contributed by atoms with Gasteiger partial charge in [0.25, 0.3) is 5.91 Å². The Balaban J connectivity index is 2.67. The molecule has 4 heteroatoms. The maximum Gasteiger partial charge on any atom is 0.295 e. The van der Waals surface area contributed by atoms with Crippen molar-refractivity contribution >= 4 is 18.2 Å². The summed E-state index contributed by atoms with van der Waals surface area (Å²) in [5, 5.41) is 4.13. The summed E-state index contributed by atoms with van der Waals surface area (Å²) in [5.41, 5.74) is 4.91. The Labute approximate surface area is 140 Å². The van der Waals surface area contributed by atoms with Crippen molar-refractivity contribution in [1.82, 2.24) is 5.43 Å². The number of carbonyl (C=O) groups excluding carboxylic acids is 1. The Kier molecular flexibility index (Phi) is 8.27. The van der Waals surface area contributed by atoms with Gasteiger partial charge in [-0.2, -0.15) is 5.10 Å². The van der Waals surface area contributed by atoms with Crippen LogP contribution in [0.4, 0.5) is 0 Å². The van der Waals surface area contributed by atoms with Gasteiger partial charge >= 0.3 is 0 Å². The molecule has 0 heterocycles. The highest BCUT2D eigenvalue weighted by Crippen LogP contribution is 2.12. The van der Waals surface area contributed by atoms with Gasteiger partial charge in [0, 0.05) is 0 Å². The molecule has 1 aromatic carbocycles. The van der Waals surface area contributed by atoms with Gasteiger partial charge in [0.15, 0.2) is 6.54 Å². The number of benzene rings is 1. The summed E-state index contributed by atoms with van der Waals surface area (Å²) in [6.45, 7) is 2.60. The van der Waals surface area contributed by atoms with Crippen LogP contribution in [0.2, 0.25) is 0 Å². The van der Waals surface area contributed by atoms with Crippen LogP contribution < -0.4 is 5.43 Å². The van der Waals surface area contributed by atoms with Gasteiger partial charge in [-0.1, -0.05) is 56.2 Å². The Morgan fingerprint density at radius 2 is 1.87 bits per heavy atom. The number of quaternary nitrogens is 1. The molecule has 0 aliphatic carbocycles. The van der Waals surface area contributed by atoms with Crippen molar-refractivity contribution in [3.8, 4) is 0 Å². The third-order valence-corrected chi connectivity index (χ3v) is 3.26. The van der Waals surface area contributed by atoms with Gasteiger partial charge in [0.2, 0.25) is 0 Å². The number of likely N-dealkylation sites (N-methyl/N-ethyl adjacent to an activating group) is 1. The second-order valence-electron chi connectivity index (χ2n) is 6.83. The molecule has 0 aliphatic heterocycles. The third-order valence-electron chi connectivity index (χ3n) is 3.26. The van der Waals surface area contributed by atoms with E-state index in [0.29, 0.717) is 11.0 Å². The van der Waals surface area contributed by atoms with E-state index in [4.69, 9.17) is 0 Å². The van der Waals surface area contributed by atoms with Crippen molar-refractivity contribution in [3.05, 3.63) is 41.5 Å². The number of unbranched alkanes of at least 4 members (excludes halogenated alkanes) is 2. The smallest absolute Gasteiger partial charge is 0.295 e. The molecule has 1 rings (SSSR count). The quantitative estimate of drug-likeness (QED) is 0.322. The fourth-order valence-electron chi connectivity index (χ4n) is 2.17. The van der Waals surface area contributed by atoms with Gasteiger partial charge in [-0.25, -0.2) is 5.43 Å². The van der Waals surface area contributed by atoms with Gasteiger partial charge in [0.1, 0.15) is 0 Å². The van der Waals surface area contributed by atoms with Crippen LogP contribution in [0.25, 0.3) is 6.08 Å². The first-order valence-corrected chi connectivity index (χ1v) is 8.28. The Morgan fingerprint density at radius 3 is 2.48 bits per heavy atom. The zero-order valence-corrected chi connectivity index (χ0v) is 14.9. The highest BCUT2D eigenvalue weighted by atomic mass is 16.2. The van der Waals surface area contributed by atoms with Gasteiger partial charge in [-0.15, -0.1) is 0 Å². The topological polar surface area (TPSA) is 41.5 Å². The molecular weight excluding hydrogens is 286 g/mol. The molecule has 23 heavy (non-hydrogen) atoms. The number of nitrogens with zero attached hydrogens (tertiary/aromatic N) is 2. The fourth-order valence-corrected chi connectivity index (χ4v) is 2.17. The number of nitrogens with one attached hydrogen (secondary N) is 1. The first-order valence-electron chi connectivity index (χ1n) is 8.28. The number of amides is 1. The molecule has 0 saturated carbocycles. The van der Waals surface area contributed by atoms with Crippen LogP contribution in [0.1, 0.15) is 38.2 Å². The van der Waals surface area contributed by atoms with E-state index >= 15 is 0 Å². The number of allylic oxidation sites excluding steroid dienone is 1. The molecule has 126 valence electrons. The third kappa shape index (κ3) is 9.63. The fraction of sp³-hybridized carbons (Fsp3) is 0.474. The van der Waals surface area contributed by atoms with Crippen molar-refractivity contribution in [2.75, 3.05) is 27.7 Å². The van der Waals surface area contributed by atoms with Crippen molar-refractivity contribution in [1.29, 1.82) is 0 Å². The van der Waals surface area contributed by atoms with Crippen molar-refractivity contribution in [2.24, 2.45) is 5.10 Å². The molecule has 0 fully saturated rings. The summed E-state index contributed by atoms with van der Waals surface area (Å²) in [6, 6.07) is 10.2. The number of carbonyl (C=O) groups is 1. The minimum absolute atomic E-state index is 0.0682. The normalized spacial score (nSPS) is 12.6. The summed E-state index contributed by atoms with van der Waals surface area (Å²) >= 11 is 0. The molecule has 0 atom stereocenters. The van der Waals surface area contributed by atoms with Crippen molar-refractivity contribution < 1.29 is 9.28 Å². The highest BCUT2D eigenvalue weighted by molar-refractivity contribution is 5.86. The van der Waals surface area contributed by atoms with E-state index in [-0.39, 0.29) is 5.91 Å². The van der Waals surface area contributed by atoms with E-state index in [1.807, 2.05) is 39.3 Å². The predicted octanol–water partition coefficient (Wildman–Crippen LogP) is 3.46. The average Bonchev–Trinajstić information content (AvgIpc) is 2.46. The van der Waals surface area contributed by atoms with Gasteiger partial charge in [-0.05, 0) is 24.0 Å². The molecule has 0 spiro atoms. The molecule has 1 amide bonds. The summed E-state index contributed by atoms with van der Waals surface area (Å²) in [6.07, 6.45) is 8.40. The lowest BCUT2D eigenvalue weighted by atomic mass is 10.1. The van der Waals surface area contributed by atoms with E-state index < -0.39 is 0 Å². The first kappa shape index (κ1) is 19.1. The molecule has 0 bridgehead atoms. The van der Waals surface area contributed by atoms with E-state index in [1.54, 1.807) is 6.21 Å². The summed E-state index contributed by atoms with van der Waals surface area (Å²) < 4.78 is 0.588. The molecule has 0 saturated heterocycles. The van der Waals surface area contributed by atoms with E-state index in [1.165, 1.54) is 12.8 Å². The summed E-state index contributed by atoms with van der Waals surface area (Å²) in [5.74, 6) is -0.0682. The highest BCUT2D eigenvalue weighted by Gasteiger charge is 2.13. The molecule has 4 nitrogen and oxygen atoms in total. The maximum absolute atomic E-state index is 11.8. The van der Waals surface area contributed by atoms with E-state index in [2.05, 4.69) is 35.7 Å². The van der Waals surface area contributed by atoms with Crippen LogP contribution in [0.3, 0.4) is 0 Å². The van der Waals surface area contributed by atoms with Crippen LogP contribution in [0.5, 0.6) is 0 Å². The number of hydrogen-bond donors (Lipinski definition) is 1. The van der Waals surface area contributed by atoms with Crippen molar-refractivity contribution in [2.45, 2.75) is 32.6 Å². The second kappa shape index (κ2) is 9.95. The Bertz CT molecular complexity index is 527. The minimum Gasteiger partial charge on any atom is -0.323 e. The lowest BCUT2D eigenvalue weighted by Gasteiger charge is -2.22. The lowest BCUT2D eigenvalue weighted by molar-refractivity contribution is -0.862. The monoisotopic (exact) mass is 316 g/mol. The Morgan fingerprint density at radius 1 is 1.17 bits per heavy atom. The van der Waals surface area contributed by atoms with Gasteiger partial charge in [-0.3, -0.25) is 4.79 Å². The van der Waals surface area contributed by atoms with Crippen LogP contribution in [-0.4, -0.2) is 44.3 Å². The number of hydrazone groups is 1. The largest absolute Gasteiger partial charge is 0.323 e. The van der Waals surface area contributed by atoms with E-state index in [9.17, 15) is 4.79 Å². The van der Waals surface area contributed by atoms with Crippen LogP contribution in [0.15, 0.2) is 41.0 Å². The molecule has 0 radical (unpaired) electrons. The van der Waals surface area contributed by atoms with Crippen molar-refractivity contribution in [3.63, 3.8) is 0 Å². The Hall–Kier alpha value is -1.94. The number of rotatable bonds is 9. The molecule has 1 N–H and O–H groups in total. The summed E-state index contributed by atoms with van der Waals surface area (Å²) in [7, 11) is 5.94. The van der Waals surface area contributed by atoms with E-state index in [0.717, 1.165) is 24.0 Å². The number of hydrogen-bond acceptors (Lipinski definition) is 2. The lowest BCUT2D eigenvalue weighted by Crippen LogP contribution is -2.43. The zero-order chi connectivity index (χ0) is 17.1. The summed E-state index contributed by atoms with van der Waals surface area (Å²) in [4.78, 5) is 11.8. The molecular formula is C19H30N3O+. The van der Waals surface area contributed by atoms with Crippen LogP contribution in [-0.2, 0) is 4.79 Å². The molecule has 0 aliphatic rings. The average molecular weight is 316 g/mol. The first-order chi connectivity index (χ1) is 10.9. The predicted molar refractivity (Wildman–Crippen MR) is 98.1 cm³/mol. The van der Waals surface area contributed by atoms with Crippen LogP contribution in [0, 0.1) is 0 Å². The molecule has 0 unspecified atom stereocenters. The standard InChI is InChI=1S/C19H29N3O/c1-5-6-8-13-18(14-17-11-9-7-10-12-17)15-20-21-19(23)16-22(2,3)4/h7,9-12,14-15H,5-6,8,13,16H2,1-4H3/p+1. The second-order valence-corrected chi connectivity index (χ2v) is 6.83. The van der Waals surface area contributed by atoms with Gasteiger partial charge in [0.05, 0.1) is 27.4 Å². The van der Waals surface area contributed by atoms with Gasteiger partial charge < -0.3 is 4.48 Å². The maximum atomic E-state index is 11.8.